The van der Waals surface area contributed by atoms with Crippen LogP contribution in [0.1, 0.15) is 11.1 Å². The van der Waals surface area contributed by atoms with Crippen molar-refractivity contribution in [1.82, 2.24) is 5.06 Å². The number of hydrogen-bond donors (Lipinski definition) is 2. The Morgan fingerprint density at radius 2 is 1.94 bits per heavy atom. The number of hydroxylamine groups is 2. The number of benzene rings is 1. The van der Waals surface area contributed by atoms with E-state index in [1.54, 1.807) is 37.3 Å². The van der Waals surface area contributed by atoms with Crippen LogP contribution in [-0.4, -0.2) is 21.5 Å². The number of azo groups is 1. The Bertz CT molecular complexity index is 535. The molecule has 5 heteroatoms. The molecule has 0 saturated heterocycles. The van der Waals surface area contributed by atoms with Crippen LogP contribution in [0, 0.1) is 13.8 Å². The highest BCUT2D eigenvalue weighted by molar-refractivity contribution is 5.52. The smallest absolute Gasteiger partial charge is 0.184 e. The fourth-order valence-corrected chi connectivity index (χ4v) is 1.58. The van der Waals surface area contributed by atoms with E-state index < -0.39 is 6.17 Å². The minimum Gasteiger partial charge on any atom is -0.508 e. The molecule has 0 amide bonds. The Morgan fingerprint density at radius 3 is 2.67 bits per heavy atom. The molecule has 2 N–H and O–H groups in total. The summed E-state index contributed by atoms with van der Waals surface area (Å²) in [6.07, 6.45) is 6.24. The fraction of sp³-hybridized carbons (Fsp3) is 0.231. The number of allylic oxidation sites excluding steroid dienone is 2. The molecule has 0 aliphatic carbocycles. The van der Waals surface area contributed by atoms with E-state index in [9.17, 15) is 10.3 Å². The van der Waals surface area contributed by atoms with Crippen molar-refractivity contribution in [2.24, 2.45) is 10.2 Å². The molecule has 1 atom stereocenters. The van der Waals surface area contributed by atoms with E-state index >= 15 is 0 Å². The van der Waals surface area contributed by atoms with Crippen LogP contribution in [0.2, 0.25) is 0 Å². The van der Waals surface area contributed by atoms with Crippen LogP contribution >= 0.6 is 0 Å². The first-order valence-electron chi connectivity index (χ1n) is 5.61. The number of nitrogens with zero attached hydrogens (tertiary/aromatic N) is 3. The van der Waals surface area contributed by atoms with Gasteiger partial charge in [-0.3, -0.25) is 5.21 Å². The van der Waals surface area contributed by atoms with Crippen LogP contribution in [0.5, 0.6) is 5.75 Å². The highest BCUT2D eigenvalue weighted by atomic mass is 16.5. The van der Waals surface area contributed by atoms with Crippen molar-refractivity contribution in [1.29, 1.82) is 0 Å². The molecule has 1 aromatic rings. The van der Waals surface area contributed by atoms with Gasteiger partial charge in [0.2, 0.25) is 0 Å². The summed E-state index contributed by atoms with van der Waals surface area (Å²) in [6.45, 7) is 3.65. The second-order valence-electron chi connectivity index (χ2n) is 4.16. The summed E-state index contributed by atoms with van der Waals surface area (Å²) in [4.78, 5) is 0. The topological polar surface area (TPSA) is 68.4 Å². The van der Waals surface area contributed by atoms with Crippen molar-refractivity contribution < 1.29 is 10.3 Å². The van der Waals surface area contributed by atoms with Gasteiger partial charge in [-0.15, -0.1) is 0 Å². The van der Waals surface area contributed by atoms with Gasteiger partial charge in [0.25, 0.3) is 0 Å². The Balaban J connectivity index is 2.21. The van der Waals surface area contributed by atoms with Gasteiger partial charge in [0.1, 0.15) is 5.75 Å². The molecule has 1 aliphatic rings. The van der Waals surface area contributed by atoms with E-state index in [1.165, 1.54) is 6.20 Å². The van der Waals surface area contributed by atoms with Crippen molar-refractivity contribution in [2.75, 3.05) is 0 Å². The zero-order valence-corrected chi connectivity index (χ0v) is 10.3. The van der Waals surface area contributed by atoms with Crippen molar-refractivity contribution in [3.05, 3.63) is 47.7 Å². The Kier molecular flexibility index (Phi) is 3.43. The van der Waals surface area contributed by atoms with Gasteiger partial charge >= 0.3 is 0 Å². The third-order valence-electron chi connectivity index (χ3n) is 2.70. The van der Waals surface area contributed by atoms with Crippen molar-refractivity contribution >= 4 is 5.69 Å². The molecule has 1 aromatic carbocycles. The summed E-state index contributed by atoms with van der Waals surface area (Å²) in [5.74, 6) is 0.246. The summed E-state index contributed by atoms with van der Waals surface area (Å²) in [5.41, 5.74) is 2.26. The molecule has 0 aromatic heterocycles. The van der Waals surface area contributed by atoms with Crippen LogP contribution in [0.4, 0.5) is 5.69 Å². The summed E-state index contributed by atoms with van der Waals surface area (Å²) in [6, 6.07) is 3.41. The fourth-order valence-electron chi connectivity index (χ4n) is 1.58. The van der Waals surface area contributed by atoms with E-state index in [1.807, 2.05) is 6.92 Å². The number of aryl methyl sites for hydroxylation is 2. The summed E-state index contributed by atoms with van der Waals surface area (Å²) in [5, 5.41) is 28.2. The molecular weight excluding hydrogens is 230 g/mol. The van der Waals surface area contributed by atoms with E-state index in [2.05, 4.69) is 10.2 Å². The predicted molar refractivity (Wildman–Crippen MR) is 67.8 cm³/mol. The molecule has 0 spiro atoms. The zero-order valence-electron chi connectivity index (χ0n) is 10.3. The van der Waals surface area contributed by atoms with Gasteiger partial charge < -0.3 is 5.11 Å². The standard InChI is InChI=1S/C13H15N3O2/c1-9-8-12(17)10(2)7-11(9)14-15-13-5-3-4-6-16(13)18/h3-8,13,17-18H,1-2H3. The maximum atomic E-state index is 9.54. The third kappa shape index (κ3) is 2.57. The lowest BCUT2D eigenvalue weighted by atomic mass is 10.1. The van der Waals surface area contributed by atoms with Gasteiger partial charge in [0.05, 0.1) is 5.69 Å². The number of phenols is 1. The molecule has 18 heavy (non-hydrogen) atoms. The lowest BCUT2D eigenvalue weighted by molar-refractivity contribution is -0.0647. The number of aromatic hydroxyl groups is 1. The second kappa shape index (κ2) is 5.01. The Labute approximate surface area is 105 Å². The average molecular weight is 245 g/mol. The molecule has 1 heterocycles. The maximum absolute atomic E-state index is 9.54. The summed E-state index contributed by atoms with van der Waals surface area (Å²) < 4.78 is 0. The average Bonchev–Trinajstić information content (AvgIpc) is 2.34. The van der Waals surface area contributed by atoms with Crippen molar-refractivity contribution in [2.45, 2.75) is 20.0 Å². The van der Waals surface area contributed by atoms with Crippen LogP contribution in [0.15, 0.2) is 46.8 Å². The van der Waals surface area contributed by atoms with Crippen LogP contribution in [0.3, 0.4) is 0 Å². The van der Waals surface area contributed by atoms with E-state index in [-0.39, 0.29) is 5.75 Å². The quantitative estimate of drug-likeness (QED) is 0.786. The Hall–Kier alpha value is -2.14. The SMILES string of the molecule is Cc1cc(N=NC2C=CC=CN2O)c(C)cc1O. The second-order valence-corrected chi connectivity index (χ2v) is 4.16. The first kappa shape index (κ1) is 12.3. The van der Waals surface area contributed by atoms with Crippen LogP contribution < -0.4 is 0 Å². The zero-order chi connectivity index (χ0) is 13.1. The summed E-state index contributed by atoms with van der Waals surface area (Å²) >= 11 is 0. The van der Waals surface area contributed by atoms with Crippen LogP contribution in [0.25, 0.3) is 0 Å². The van der Waals surface area contributed by atoms with E-state index in [0.717, 1.165) is 16.2 Å². The van der Waals surface area contributed by atoms with Gasteiger partial charge in [-0.25, -0.2) is 5.06 Å². The predicted octanol–water partition coefficient (Wildman–Crippen LogP) is 3.19. The van der Waals surface area contributed by atoms with Gasteiger partial charge in [-0.2, -0.15) is 10.2 Å². The van der Waals surface area contributed by atoms with Gasteiger partial charge in [0.15, 0.2) is 6.17 Å². The summed E-state index contributed by atoms with van der Waals surface area (Å²) in [7, 11) is 0. The highest BCUT2D eigenvalue weighted by Gasteiger charge is 2.11. The normalized spacial score (nSPS) is 18.8. The lowest BCUT2D eigenvalue weighted by Gasteiger charge is -2.18. The maximum Gasteiger partial charge on any atom is 0.184 e. The van der Waals surface area contributed by atoms with Gasteiger partial charge in [0, 0.05) is 6.20 Å². The number of rotatable bonds is 2. The molecule has 2 rings (SSSR count). The number of hydrogen-bond acceptors (Lipinski definition) is 5. The van der Waals surface area contributed by atoms with Gasteiger partial charge in [-0.05, 0) is 49.3 Å². The minimum atomic E-state index is -0.511. The monoisotopic (exact) mass is 245 g/mol. The number of phenolic OH excluding ortho intramolecular Hbond substituents is 1. The van der Waals surface area contributed by atoms with Crippen molar-refractivity contribution in [3.8, 4) is 5.75 Å². The molecule has 1 unspecified atom stereocenters. The Morgan fingerprint density at radius 1 is 1.17 bits per heavy atom. The van der Waals surface area contributed by atoms with Crippen LogP contribution in [-0.2, 0) is 0 Å². The van der Waals surface area contributed by atoms with Gasteiger partial charge in [-0.1, -0.05) is 6.08 Å². The largest absolute Gasteiger partial charge is 0.508 e. The molecule has 94 valence electrons. The molecule has 0 saturated carbocycles. The lowest BCUT2D eigenvalue weighted by Crippen LogP contribution is -2.24. The molecule has 0 radical (unpaired) electrons. The third-order valence-corrected chi connectivity index (χ3v) is 2.70. The molecular formula is C13H15N3O2. The molecule has 0 fully saturated rings. The first-order valence-corrected chi connectivity index (χ1v) is 5.61. The molecule has 5 nitrogen and oxygen atoms in total. The minimum absolute atomic E-state index is 0.246. The molecule has 1 aliphatic heterocycles. The van der Waals surface area contributed by atoms with E-state index in [0.29, 0.717) is 5.69 Å². The van der Waals surface area contributed by atoms with E-state index in [4.69, 9.17) is 0 Å². The van der Waals surface area contributed by atoms with Crippen molar-refractivity contribution in [3.63, 3.8) is 0 Å². The first-order chi connectivity index (χ1) is 8.58. The highest BCUT2D eigenvalue weighted by Crippen LogP contribution is 2.27. The molecule has 0 bridgehead atoms.